The summed E-state index contributed by atoms with van der Waals surface area (Å²) in [5.41, 5.74) is 1.28. The van der Waals surface area contributed by atoms with Crippen LogP contribution in [-0.2, 0) is 0 Å². The van der Waals surface area contributed by atoms with Gasteiger partial charge in [-0.1, -0.05) is 19.1 Å². The Balaban J connectivity index is 2.20. The van der Waals surface area contributed by atoms with Crippen LogP contribution in [0.3, 0.4) is 0 Å². The second kappa shape index (κ2) is 6.69. The summed E-state index contributed by atoms with van der Waals surface area (Å²) in [4.78, 5) is 2.51. The van der Waals surface area contributed by atoms with E-state index >= 15 is 0 Å². The Hall–Kier alpha value is -0.740. The van der Waals surface area contributed by atoms with Crippen LogP contribution in [0.1, 0.15) is 39.5 Å². The fraction of sp³-hybridized carbons (Fsp3) is 0.714. The van der Waals surface area contributed by atoms with E-state index in [2.05, 4.69) is 37.2 Å². The summed E-state index contributed by atoms with van der Waals surface area (Å²) in [7, 11) is 0. The van der Waals surface area contributed by atoms with Gasteiger partial charge in [0.25, 0.3) is 0 Å². The summed E-state index contributed by atoms with van der Waals surface area (Å²) in [6, 6.07) is 0. The number of piperidine rings is 1. The first-order valence-electron chi connectivity index (χ1n) is 6.04. The third-order valence-corrected chi connectivity index (χ3v) is 2.89. The van der Waals surface area contributed by atoms with Crippen LogP contribution < -0.4 is 0 Å². The van der Waals surface area contributed by atoms with Crippen LogP contribution in [0.25, 0.3) is 0 Å². The molecule has 0 spiro atoms. The molecule has 0 aromatic rings. The van der Waals surface area contributed by atoms with Crippen molar-refractivity contribution in [1.29, 1.82) is 0 Å². The third-order valence-electron chi connectivity index (χ3n) is 2.89. The predicted molar refractivity (Wildman–Crippen MR) is 66.7 cm³/mol. The molecule has 0 N–H and O–H groups in total. The normalized spacial score (nSPS) is 18.3. The zero-order valence-electron chi connectivity index (χ0n) is 10.2. The van der Waals surface area contributed by atoms with E-state index in [0.717, 1.165) is 25.3 Å². The molecule has 1 saturated heterocycles. The molecule has 0 unspecified atom stereocenters. The number of hydrogen-bond acceptors (Lipinski definition) is 1. The van der Waals surface area contributed by atoms with Gasteiger partial charge < -0.3 is 0 Å². The van der Waals surface area contributed by atoms with Gasteiger partial charge in [0.2, 0.25) is 0 Å². The maximum Gasteiger partial charge on any atom is 0.0187 e. The largest absolute Gasteiger partial charge is 0.299 e. The van der Waals surface area contributed by atoms with Crippen molar-refractivity contribution in [2.24, 2.45) is 5.92 Å². The lowest BCUT2D eigenvalue weighted by atomic mass is 9.93. The van der Waals surface area contributed by atoms with Gasteiger partial charge in [-0.25, -0.2) is 0 Å². The number of likely N-dealkylation sites (tertiary alicyclic amines) is 1. The molecule has 1 fully saturated rings. The molecule has 0 bridgehead atoms. The Bertz CT molecular complexity index is 248. The van der Waals surface area contributed by atoms with Gasteiger partial charge >= 0.3 is 0 Å². The van der Waals surface area contributed by atoms with Crippen molar-refractivity contribution in [3.05, 3.63) is 12.2 Å². The van der Waals surface area contributed by atoms with E-state index in [1.807, 2.05) is 0 Å². The van der Waals surface area contributed by atoms with Crippen LogP contribution in [0.5, 0.6) is 0 Å². The lowest BCUT2D eigenvalue weighted by molar-refractivity contribution is 0.199. The molecule has 0 radical (unpaired) electrons. The first kappa shape index (κ1) is 12.3. The van der Waals surface area contributed by atoms with Crippen LogP contribution in [0.2, 0.25) is 0 Å². The number of rotatable bonds is 3. The van der Waals surface area contributed by atoms with Crippen molar-refractivity contribution < 1.29 is 0 Å². The molecule has 0 aromatic carbocycles. The molecule has 1 aliphatic rings. The maximum atomic E-state index is 3.96. The van der Waals surface area contributed by atoms with Crippen LogP contribution in [0.15, 0.2) is 12.2 Å². The maximum absolute atomic E-state index is 3.96. The molecule has 84 valence electrons. The topological polar surface area (TPSA) is 3.24 Å². The zero-order chi connectivity index (χ0) is 11.1. The van der Waals surface area contributed by atoms with Gasteiger partial charge in [-0.05, 0) is 38.8 Å². The summed E-state index contributed by atoms with van der Waals surface area (Å²) < 4.78 is 0. The van der Waals surface area contributed by atoms with Gasteiger partial charge in [0.1, 0.15) is 0 Å². The molecule has 1 heterocycles. The monoisotopic (exact) mass is 205 g/mol. The summed E-state index contributed by atoms with van der Waals surface area (Å²) >= 11 is 0. The smallest absolute Gasteiger partial charge is 0.0187 e. The lowest BCUT2D eigenvalue weighted by Gasteiger charge is -2.31. The van der Waals surface area contributed by atoms with E-state index < -0.39 is 0 Å². The Kier molecular flexibility index (Phi) is 5.50. The minimum absolute atomic E-state index is 0.838. The van der Waals surface area contributed by atoms with E-state index in [1.165, 1.54) is 31.5 Å². The van der Waals surface area contributed by atoms with Crippen molar-refractivity contribution in [2.45, 2.75) is 39.5 Å². The molecule has 0 amide bonds. The highest BCUT2D eigenvalue weighted by Crippen LogP contribution is 2.20. The van der Waals surface area contributed by atoms with Crippen molar-refractivity contribution >= 4 is 0 Å². The second-order valence-corrected chi connectivity index (χ2v) is 4.59. The Labute approximate surface area is 94.5 Å². The zero-order valence-corrected chi connectivity index (χ0v) is 10.2. The predicted octanol–water partition coefficient (Wildman–Crippen LogP) is 3.08. The average molecular weight is 205 g/mol. The molecule has 1 aliphatic heterocycles. The van der Waals surface area contributed by atoms with E-state index in [4.69, 9.17) is 0 Å². The molecular weight excluding hydrogens is 182 g/mol. The van der Waals surface area contributed by atoms with Gasteiger partial charge in [0.15, 0.2) is 0 Å². The average Bonchev–Trinajstić information content (AvgIpc) is 2.20. The fourth-order valence-electron chi connectivity index (χ4n) is 2.07. The van der Waals surface area contributed by atoms with E-state index in [1.54, 1.807) is 0 Å². The fourth-order valence-corrected chi connectivity index (χ4v) is 2.07. The van der Waals surface area contributed by atoms with Crippen LogP contribution in [0, 0.1) is 17.8 Å². The molecule has 15 heavy (non-hydrogen) atoms. The molecule has 0 aromatic heterocycles. The molecule has 1 rings (SSSR count). The lowest BCUT2D eigenvalue weighted by Crippen LogP contribution is -2.34. The summed E-state index contributed by atoms with van der Waals surface area (Å²) in [6.07, 6.45) is 4.72. The Morgan fingerprint density at radius 2 is 2.00 bits per heavy atom. The quantitative estimate of drug-likeness (QED) is 0.505. The van der Waals surface area contributed by atoms with Gasteiger partial charge in [0.05, 0.1) is 0 Å². The minimum Gasteiger partial charge on any atom is -0.299 e. The van der Waals surface area contributed by atoms with Gasteiger partial charge in [0, 0.05) is 19.4 Å². The Morgan fingerprint density at radius 1 is 1.33 bits per heavy atom. The highest BCUT2D eigenvalue weighted by Gasteiger charge is 2.17. The van der Waals surface area contributed by atoms with Crippen molar-refractivity contribution in [3.8, 4) is 11.8 Å². The first-order valence-corrected chi connectivity index (χ1v) is 6.04. The highest BCUT2D eigenvalue weighted by molar-refractivity contribution is 5.00. The van der Waals surface area contributed by atoms with Crippen molar-refractivity contribution in [3.63, 3.8) is 0 Å². The SMILES string of the molecule is C=C(C)CN1CCC(CC#CCC)CC1. The minimum atomic E-state index is 0.838. The third kappa shape index (κ3) is 5.04. The molecule has 0 saturated carbocycles. The van der Waals surface area contributed by atoms with Gasteiger partial charge in [-0.2, -0.15) is 0 Å². The van der Waals surface area contributed by atoms with Crippen LogP contribution in [-0.4, -0.2) is 24.5 Å². The van der Waals surface area contributed by atoms with Crippen molar-refractivity contribution in [2.75, 3.05) is 19.6 Å². The second-order valence-electron chi connectivity index (χ2n) is 4.59. The molecule has 1 heteroatoms. The summed E-state index contributed by atoms with van der Waals surface area (Å²) in [6.45, 7) is 11.7. The molecule has 0 aliphatic carbocycles. The van der Waals surface area contributed by atoms with Crippen molar-refractivity contribution in [1.82, 2.24) is 4.90 Å². The van der Waals surface area contributed by atoms with E-state index in [9.17, 15) is 0 Å². The van der Waals surface area contributed by atoms with E-state index in [-0.39, 0.29) is 0 Å². The Morgan fingerprint density at radius 3 is 2.53 bits per heavy atom. The van der Waals surface area contributed by atoms with Crippen LogP contribution in [0.4, 0.5) is 0 Å². The molecule has 0 atom stereocenters. The molecular formula is C14H23N. The highest BCUT2D eigenvalue weighted by atomic mass is 15.1. The van der Waals surface area contributed by atoms with Crippen LogP contribution >= 0.6 is 0 Å². The van der Waals surface area contributed by atoms with Gasteiger partial charge in [-0.15, -0.1) is 11.8 Å². The summed E-state index contributed by atoms with van der Waals surface area (Å²) in [5, 5.41) is 0. The summed E-state index contributed by atoms with van der Waals surface area (Å²) in [5.74, 6) is 7.27. The van der Waals surface area contributed by atoms with E-state index in [0.29, 0.717) is 0 Å². The number of nitrogens with zero attached hydrogens (tertiary/aromatic N) is 1. The standard InChI is InChI=1S/C14H23N/c1-4-5-6-7-14-8-10-15(11-9-14)12-13(2)3/h14H,2,4,7-12H2,1,3H3. The van der Waals surface area contributed by atoms with Gasteiger partial charge in [-0.3, -0.25) is 4.90 Å². The molecule has 1 nitrogen and oxygen atoms in total. The first-order chi connectivity index (χ1) is 7.22. The number of hydrogen-bond donors (Lipinski definition) is 0.